The Balaban J connectivity index is 2.79. The van der Waals surface area contributed by atoms with Gasteiger partial charge in [-0.3, -0.25) is 4.79 Å². The number of carbonyl (C=O) groups is 2. The number of benzene rings is 1. The minimum Gasteiger partial charge on any atom is -0.480 e. The van der Waals surface area contributed by atoms with Gasteiger partial charge in [0.1, 0.15) is 12.6 Å². The Morgan fingerprint density at radius 3 is 2.59 bits per heavy atom. The van der Waals surface area contributed by atoms with Crippen LogP contribution < -0.4 is 5.32 Å². The Bertz CT molecular complexity index is 531. The number of alkyl halides is 3. The lowest BCUT2D eigenvalue weighted by molar-refractivity contribution is -0.142. The molecule has 0 aromatic heterocycles. The molecule has 0 aliphatic carbocycles. The minimum atomic E-state index is -4.51. The number of aliphatic carboxylic acids is 1. The highest BCUT2D eigenvalue weighted by Gasteiger charge is 2.31. The number of halogens is 3. The van der Waals surface area contributed by atoms with Gasteiger partial charge >= 0.3 is 12.1 Å². The average Bonchev–Trinajstić information content (AvgIpc) is 2.43. The van der Waals surface area contributed by atoms with Gasteiger partial charge in [-0.25, -0.2) is 4.79 Å². The molecule has 122 valence electrons. The zero-order valence-electron chi connectivity index (χ0n) is 11.8. The van der Waals surface area contributed by atoms with Crippen LogP contribution >= 0.6 is 0 Å². The topological polar surface area (TPSA) is 75.6 Å². The highest BCUT2D eigenvalue weighted by Crippen LogP contribution is 2.29. The first kappa shape index (κ1) is 18.0. The van der Waals surface area contributed by atoms with E-state index in [1.807, 2.05) is 0 Å². The maximum Gasteiger partial charge on any atom is 0.416 e. The van der Waals surface area contributed by atoms with Gasteiger partial charge in [-0.1, -0.05) is 18.2 Å². The van der Waals surface area contributed by atoms with Crippen molar-refractivity contribution in [2.24, 2.45) is 0 Å². The lowest BCUT2D eigenvalue weighted by atomic mass is 10.0. The predicted molar refractivity (Wildman–Crippen MR) is 71.2 cm³/mol. The molecule has 8 heteroatoms. The summed E-state index contributed by atoms with van der Waals surface area (Å²) in [5, 5.41) is 11.3. The van der Waals surface area contributed by atoms with E-state index in [0.717, 1.165) is 12.1 Å². The Hall–Kier alpha value is -2.09. The molecule has 1 aromatic rings. The van der Waals surface area contributed by atoms with Crippen LogP contribution in [0.5, 0.6) is 0 Å². The van der Waals surface area contributed by atoms with Gasteiger partial charge in [-0.15, -0.1) is 0 Å². The Labute approximate surface area is 125 Å². The summed E-state index contributed by atoms with van der Waals surface area (Å²) in [6.45, 7) is 1.66. The van der Waals surface area contributed by atoms with Gasteiger partial charge in [0.15, 0.2) is 0 Å². The van der Waals surface area contributed by atoms with Crippen LogP contribution in [0.25, 0.3) is 0 Å². The Morgan fingerprint density at radius 1 is 1.36 bits per heavy atom. The van der Waals surface area contributed by atoms with Gasteiger partial charge in [0, 0.05) is 13.0 Å². The van der Waals surface area contributed by atoms with Crippen molar-refractivity contribution in [1.29, 1.82) is 0 Å². The molecule has 1 amide bonds. The number of carboxylic acid groups (broad SMARTS) is 1. The maximum absolute atomic E-state index is 12.6. The Kier molecular flexibility index (Phi) is 6.36. The van der Waals surface area contributed by atoms with Crippen molar-refractivity contribution in [2.45, 2.75) is 25.6 Å². The zero-order valence-corrected chi connectivity index (χ0v) is 11.8. The number of hydrogen-bond acceptors (Lipinski definition) is 3. The van der Waals surface area contributed by atoms with E-state index < -0.39 is 29.7 Å². The molecular weight excluding hydrogens is 303 g/mol. The van der Waals surface area contributed by atoms with Gasteiger partial charge in [-0.2, -0.15) is 13.2 Å². The molecule has 0 bridgehead atoms. The van der Waals surface area contributed by atoms with Crippen LogP contribution in [-0.2, 0) is 26.9 Å². The molecule has 0 saturated heterocycles. The van der Waals surface area contributed by atoms with E-state index in [1.54, 1.807) is 6.92 Å². The summed E-state index contributed by atoms with van der Waals surface area (Å²) in [5.74, 6) is -1.97. The van der Waals surface area contributed by atoms with Crippen molar-refractivity contribution < 1.29 is 32.6 Å². The molecule has 1 rings (SSSR count). The summed E-state index contributed by atoms with van der Waals surface area (Å²) >= 11 is 0. The smallest absolute Gasteiger partial charge is 0.416 e. The second-order valence-corrected chi connectivity index (χ2v) is 4.50. The van der Waals surface area contributed by atoms with Crippen molar-refractivity contribution in [2.75, 3.05) is 13.2 Å². The number of nitrogens with one attached hydrogen (secondary N) is 1. The van der Waals surface area contributed by atoms with Crippen LogP contribution in [0, 0.1) is 0 Å². The highest BCUT2D eigenvalue weighted by atomic mass is 19.4. The SMILES string of the molecule is CCOCC(=O)N[C@@H](Cc1cccc(C(F)(F)F)c1)C(=O)O. The van der Waals surface area contributed by atoms with Gasteiger partial charge < -0.3 is 15.2 Å². The van der Waals surface area contributed by atoms with Gasteiger partial charge in [0.2, 0.25) is 5.91 Å². The van der Waals surface area contributed by atoms with Crippen molar-refractivity contribution >= 4 is 11.9 Å². The normalized spacial score (nSPS) is 12.7. The molecule has 0 saturated carbocycles. The fourth-order valence-electron chi connectivity index (χ4n) is 1.74. The number of ether oxygens (including phenoxy) is 1. The average molecular weight is 319 g/mol. The lowest BCUT2D eigenvalue weighted by Gasteiger charge is -2.15. The van der Waals surface area contributed by atoms with E-state index in [-0.39, 0.29) is 18.6 Å². The van der Waals surface area contributed by atoms with Crippen molar-refractivity contribution in [3.05, 3.63) is 35.4 Å². The molecule has 0 heterocycles. The molecule has 0 unspecified atom stereocenters. The first-order valence-corrected chi connectivity index (χ1v) is 6.50. The molecule has 2 N–H and O–H groups in total. The first-order chi connectivity index (χ1) is 10.2. The monoisotopic (exact) mass is 319 g/mol. The fourth-order valence-corrected chi connectivity index (χ4v) is 1.74. The molecule has 5 nitrogen and oxygen atoms in total. The molecule has 0 fully saturated rings. The second-order valence-electron chi connectivity index (χ2n) is 4.50. The number of rotatable bonds is 7. The summed E-state index contributed by atoms with van der Waals surface area (Å²) in [6, 6.07) is 3.01. The fraction of sp³-hybridized carbons (Fsp3) is 0.429. The van der Waals surface area contributed by atoms with E-state index in [9.17, 15) is 22.8 Å². The summed E-state index contributed by atoms with van der Waals surface area (Å²) in [4.78, 5) is 22.6. The lowest BCUT2D eigenvalue weighted by Crippen LogP contribution is -2.43. The first-order valence-electron chi connectivity index (χ1n) is 6.50. The molecule has 1 aromatic carbocycles. The number of carbonyl (C=O) groups excluding carboxylic acids is 1. The quantitative estimate of drug-likeness (QED) is 0.804. The summed E-state index contributed by atoms with van der Waals surface area (Å²) in [5.41, 5.74) is -0.700. The maximum atomic E-state index is 12.6. The van der Waals surface area contributed by atoms with Gasteiger partial charge in [0.25, 0.3) is 0 Å². The van der Waals surface area contributed by atoms with Crippen molar-refractivity contribution in [3.8, 4) is 0 Å². The number of amides is 1. The van der Waals surface area contributed by atoms with E-state index in [4.69, 9.17) is 9.84 Å². The van der Waals surface area contributed by atoms with E-state index >= 15 is 0 Å². The molecule has 0 spiro atoms. The number of carboxylic acids is 1. The molecular formula is C14H16F3NO4. The van der Waals surface area contributed by atoms with E-state index in [0.29, 0.717) is 6.61 Å². The predicted octanol–water partition coefficient (Wildman–Crippen LogP) is 1.85. The second kappa shape index (κ2) is 7.79. The van der Waals surface area contributed by atoms with Gasteiger partial charge in [0.05, 0.1) is 5.56 Å². The van der Waals surface area contributed by atoms with Crippen LogP contribution in [-0.4, -0.2) is 36.2 Å². The third-order valence-electron chi connectivity index (χ3n) is 2.76. The van der Waals surface area contributed by atoms with Crippen LogP contribution in [0.1, 0.15) is 18.1 Å². The van der Waals surface area contributed by atoms with Crippen molar-refractivity contribution in [3.63, 3.8) is 0 Å². The van der Waals surface area contributed by atoms with Crippen LogP contribution in [0.15, 0.2) is 24.3 Å². The molecule has 0 aliphatic rings. The summed E-state index contributed by atoms with van der Waals surface area (Å²) in [6.07, 6.45) is -4.76. The molecule has 0 radical (unpaired) electrons. The summed E-state index contributed by atoms with van der Waals surface area (Å²) < 4.78 is 42.7. The largest absolute Gasteiger partial charge is 0.480 e. The van der Waals surface area contributed by atoms with E-state index in [2.05, 4.69) is 5.32 Å². The molecule has 1 atom stereocenters. The van der Waals surface area contributed by atoms with Crippen LogP contribution in [0.4, 0.5) is 13.2 Å². The standard InChI is InChI=1S/C14H16F3NO4/c1-2-22-8-12(19)18-11(13(20)21)7-9-4-3-5-10(6-9)14(15,16)17/h3-6,11H,2,7-8H2,1H3,(H,18,19)(H,20,21)/t11-/m0/s1. The van der Waals surface area contributed by atoms with Crippen LogP contribution in [0.2, 0.25) is 0 Å². The number of hydrogen-bond donors (Lipinski definition) is 2. The third-order valence-corrected chi connectivity index (χ3v) is 2.76. The third kappa shape index (κ3) is 5.72. The zero-order chi connectivity index (χ0) is 16.8. The minimum absolute atomic E-state index is 0.166. The Morgan fingerprint density at radius 2 is 2.05 bits per heavy atom. The van der Waals surface area contributed by atoms with E-state index in [1.165, 1.54) is 12.1 Å². The highest BCUT2D eigenvalue weighted by molar-refractivity contribution is 5.84. The van der Waals surface area contributed by atoms with Gasteiger partial charge in [-0.05, 0) is 18.6 Å². The summed E-state index contributed by atoms with van der Waals surface area (Å²) in [7, 11) is 0. The molecule has 0 aliphatic heterocycles. The van der Waals surface area contributed by atoms with Crippen LogP contribution in [0.3, 0.4) is 0 Å². The molecule has 22 heavy (non-hydrogen) atoms. The van der Waals surface area contributed by atoms with Crippen molar-refractivity contribution in [1.82, 2.24) is 5.32 Å².